The highest BCUT2D eigenvalue weighted by molar-refractivity contribution is 6.29. The summed E-state index contributed by atoms with van der Waals surface area (Å²) in [6.45, 7) is 0.119. The van der Waals surface area contributed by atoms with Gasteiger partial charge < -0.3 is 10.4 Å². The largest absolute Gasteiger partial charge is 0.396 e. The highest BCUT2D eigenvalue weighted by Gasteiger charge is 2.25. The molecule has 0 aliphatic heterocycles. The smallest absolute Gasteiger partial charge is 0.270 e. The lowest BCUT2D eigenvalue weighted by atomic mass is 9.95. The van der Waals surface area contributed by atoms with Crippen molar-refractivity contribution in [3.05, 3.63) is 29.0 Å². The summed E-state index contributed by atoms with van der Waals surface area (Å²) in [6.07, 6.45) is 5.25. The van der Waals surface area contributed by atoms with E-state index in [1.807, 2.05) is 0 Å². The van der Waals surface area contributed by atoms with Gasteiger partial charge in [-0.05, 0) is 25.0 Å². The van der Waals surface area contributed by atoms with Crippen LogP contribution in [0.1, 0.15) is 42.6 Å². The lowest BCUT2D eigenvalue weighted by Crippen LogP contribution is -2.41. The van der Waals surface area contributed by atoms with E-state index in [1.54, 1.807) is 18.2 Å². The summed E-state index contributed by atoms with van der Waals surface area (Å²) in [7, 11) is 0. The molecule has 1 heterocycles. The SMILES string of the molecule is O=C(NC1CCCCCC1CO)c1cccc(Cl)n1. The maximum Gasteiger partial charge on any atom is 0.270 e. The number of halogens is 1. The van der Waals surface area contributed by atoms with Crippen LogP contribution in [0.15, 0.2) is 18.2 Å². The molecular weight excluding hydrogens is 264 g/mol. The van der Waals surface area contributed by atoms with Crippen molar-refractivity contribution in [1.29, 1.82) is 0 Å². The van der Waals surface area contributed by atoms with Gasteiger partial charge >= 0.3 is 0 Å². The molecule has 1 amide bonds. The fraction of sp³-hybridized carbons (Fsp3) is 0.571. The molecule has 1 aromatic rings. The number of rotatable bonds is 3. The van der Waals surface area contributed by atoms with E-state index in [1.165, 1.54) is 0 Å². The van der Waals surface area contributed by atoms with Crippen LogP contribution < -0.4 is 5.32 Å². The molecule has 19 heavy (non-hydrogen) atoms. The van der Waals surface area contributed by atoms with E-state index in [2.05, 4.69) is 10.3 Å². The summed E-state index contributed by atoms with van der Waals surface area (Å²) in [5, 5.41) is 12.7. The van der Waals surface area contributed by atoms with E-state index < -0.39 is 0 Å². The summed E-state index contributed by atoms with van der Waals surface area (Å²) in [6, 6.07) is 5.02. The number of aromatic nitrogens is 1. The molecule has 5 heteroatoms. The predicted molar refractivity (Wildman–Crippen MR) is 74.2 cm³/mol. The van der Waals surface area contributed by atoms with Gasteiger partial charge in [-0.2, -0.15) is 0 Å². The molecule has 1 saturated carbocycles. The Kier molecular flexibility index (Phi) is 5.16. The molecule has 0 saturated heterocycles. The second-order valence-electron chi connectivity index (χ2n) is 5.01. The maximum absolute atomic E-state index is 12.1. The van der Waals surface area contributed by atoms with Crippen LogP contribution in [0.25, 0.3) is 0 Å². The van der Waals surface area contributed by atoms with Gasteiger partial charge in [-0.25, -0.2) is 4.98 Å². The van der Waals surface area contributed by atoms with Crippen molar-refractivity contribution in [2.75, 3.05) is 6.61 Å². The number of nitrogens with one attached hydrogen (secondary N) is 1. The van der Waals surface area contributed by atoms with Gasteiger partial charge in [-0.15, -0.1) is 0 Å². The molecule has 0 radical (unpaired) electrons. The molecule has 0 aromatic carbocycles. The van der Waals surface area contributed by atoms with Crippen LogP contribution in [0.3, 0.4) is 0 Å². The second-order valence-corrected chi connectivity index (χ2v) is 5.39. The van der Waals surface area contributed by atoms with Crippen LogP contribution in [0.4, 0.5) is 0 Å². The Morgan fingerprint density at radius 2 is 2.16 bits per heavy atom. The molecule has 2 N–H and O–H groups in total. The van der Waals surface area contributed by atoms with E-state index >= 15 is 0 Å². The molecule has 1 fully saturated rings. The van der Waals surface area contributed by atoms with Gasteiger partial charge in [0.15, 0.2) is 0 Å². The first-order valence-corrected chi connectivity index (χ1v) is 7.13. The van der Waals surface area contributed by atoms with E-state index in [0.29, 0.717) is 10.8 Å². The van der Waals surface area contributed by atoms with E-state index in [4.69, 9.17) is 11.6 Å². The van der Waals surface area contributed by atoms with Crippen LogP contribution >= 0.6 is 11.6 Å². The average molecular weight is 283 g/mol. The quantitative estimate of drug-likeness (QED) is 0.661. The molecule has 2 unspecified atom stereocenters. The van der Waals surface area contributed by atoms with Gasteiger partial charge in [-0.1, -0.05) is 36.9 Å². The van der Waals surface area contributed by atoms with Crippen molar-refractivity contribution in [2.24, 2.45) is 5.92 Å². The highest BCUT2D eigenvalue weighted by Crippen LogP contribution is 2.23. The molecule has 2 rings (SSSR count). The van der Waals surface area contributed by atoms with E-state index in [-0.39, 0.29) is 24.5 Å². The summed E-state index contributed by atoms with van der Waals surface area (Å²) in [5.74, 6) is -0.0708. The highest BCUT2D eigenvalue weighted by atomic mass is 35.5. The Morgan fingerprint density at radius 3 is 2.89 bits per heavy atom. The number of hydrogen-bond acceptors (Lipinski definition) is 3. The lowest BCUT2D eigenvalue weighted by molar-refractivity contribution is 0.0894. The molecule has 1 aliphatic rings. The number of nitrogens with zero attached hydrogens (tertiary/aromatic N) is 1. The first kappa shape index (κ1) is 14.3. The Labute approximate surface area is 118 Å². The fourth-order valence-electron chi connectivity index (χ4n) is 2.57. The van der Waals surface area contributed by atoms with Gasteiger partial charge in [0.2, 0.25) is 0 Å². The van der Waals surface area contributed by atoms with Crippen molar-refractivity contribution in [2.45, 2.75) is 38.1 Å². The first-order chi connectivity index (χ1) is 9.20. The zero-order chi connectivity index (χ0) is 13.7. The molecule has 1 aliphatic carbocycles. The second kappa shape index (κ2) is 6.87. The van der Waals surface area contributed by atoms with Gasteiger partial charge in [0.05, 0.1) is 0 Å². The Bertz CT molecular complexity index is 439. The van der Waals surface area contributed by atoms with Gasteiger partial charge in [0.25, 0.3) is 5.91 Å². The zero-order valence-electron chi connectivity index (χ0n) is 10.8. The summed E-state index contributed by atoms with van der Waals surface area (Å²) >= 11 is 5.78. The Morgan fingerprint density at radius 1 is 1.37 bits per heavy atom. The van der Waals surface area contributed by atoms with Crippen LogP contribution in [-0.2, 0) is 0 Å². The fourth-order valence-corrected chi connectivity index (χ4v) is 2.73. The number of amides is 1. The molecular formula is C14H19ClN2O2. The third-order valence-electron chi connectivity index (χ3n) is 3.66. The maximum atomic E-state index is 12.1. The minimum absolute atomic E-state index is 0.0285. The number of hydrogen-bond donors (Lipinski definition) is 2. The van der Waals surface area contributed by atoms with Crippen molar-refractivity contribution in [3.63, 3.8) is 0 Å². The zero-order valence-corrected chi connectivity index (χ0v) is 11.6. The molecule has 0 bridgehead atoms. The number of carbonyl (C=O) groups is 1. The third-order valence-corrected chi connectivity index (χ3v) is 3.87. The summed E-state index contributed by atoms with van der Waals surface area (Å²) in [5.41, 5.74) is 0.327. The van der Waals surface area contributed by atoms with Crippen LogP contribution in [0.5, 0.6) is 0 Å². The van der Waals surface area contributed by atoms with Crippen LogP contribution in [-0.4, -0.2) is 28.6 Å². The van der Waals surface area contributed by atoms with Gasteiger partial charge in [-0.3, -0.25) is 4.79 Å². The number of aliphatic hydroxyl groups is 1. The van der Waals surface area contributed by atoms with Crippen molar-refractivity contribution in [1.82, 2.24) is 10.3 Å². The summed E-state index contributed by atoms with van der Waals surface area (Å²) < 4.78 is 0. The summed E-state index contributed by atoms with van der Waals surface area (Å²) in [4.78, 5) is 16.1. The van der Waals surface area contributed by atoms with Crippen LogP contribution in [0.2, 0.25) is 5.15 Å². The van der Waals surface area contributed by atoms with Crippen LogP contribution in [0, 0.1) is 5.92 Å². The molecule has 0 spiro atoms. The number of carbonyl (C=O) groups excluding carboxylic acids is 1. The Balaban J connectivity index is 2.04. The minimum Gasteiger partial charge on any atom is -0.396 e. The standard InChI is InChI=1S/C14H19ClN2O2/c15-13-8-4-7-12(16-13)14(19)17-11-6-3-1-2-5-10(11)9-18/h4,7-8,10-11,18H,1-3,5-6,9H2,(H,17,19). The van der Waals surface area contributed by atoms with Gasteiger partial charge in [0, 0.05) is 18.6 Å². The topological polar surface area (TPSA) is 62.2 Å². The number of pyridine rings is 1. The van der Waals surface area contributed by atoms with Gasteiger partial charge in [0.1, 0.15) is 10.8 Å². The minimum atomic E-state index is -0.215. The molecule has 4 nitrogen and oxygen atoms in total. The monoisotopic (exact) mass is 282 g/mol. The van der Waals surface area contributed by atoms with Crippen molar-refractivity contribution >= 4 is 17.5 Å². The average Bonchev–Trinajstić information content (AvgIpc) is 2.63. The van der Waals surface area contributed by atoms with E-state index in [0.717, 1.165) is 32.1 Å². The van der Waals surface area contributed by atoms with Crippen molar-refractivity contribution < 1.29 is 9.90 Å². The molecule has 1 aromatic heterocycles. The third kappa shape index (κ3) is 3.91. The Hall–Kier alpha value is -1.13. The first-order valence-electron chi connectivity index (χ1n) is 6.75. The lowest BCUT2D eigenvalue weighted by Gasteiger charge is -2.24. The van der Waals surface area contributed by atoms with Crippen molar-refractivity contribution in [3.8, 4) is 0 Å². The number of aliphatic hydroxyl groups excluding tert-OH is 1. The predicted octanol–water partition coefficient (Wildman–Crippen LogP) is 2.41. The molecule has 2 atom stereocenters. The normalized spacial score (nSPS) is 23.7. The molecule has 104 valence electrons. The van der Waals surface area contributed by atoms with E-state index in [9.17, 15) is 9.90 Å².